The molecule has 0 amide bonds. The summed E-state index contributed by atoms with van der Waals surface area (Å²) in [5.41, 5.74) is 7.03. The number of aromatic nitrogens is 8. The van der Waals surface area contributed by atoms with Crippen LogP contribution in [0.5, 0.6) is 11.5 Å². The summed E-state index contributed by atoms with van der Waals surface area (Å²) >= 11 is 0. The van der Waals surface area contributed by atoms with Crippen molar-refractivity contribution >= 4 is 0 Å². The first-order valence-electron chi connectivity index (χ1n) is 24.8. The standard InChI is InChI=1S/2C29H28N6O2/c2*1-34-12-10-21(11-13-34)20-37-26-17-31-29(32-18-26)25-7-3-5-23(15-25)19-35-28(36)9-8-27(33-35)24-6-2-4-22(14-24)16-30/h2*2-9,14-15,17-18,21H,10-13,19-20H2,1H3. The van der Waals surface area contributed by atoms with E-state index in [9.17, 15) is 20.1 Å². The molecule has 2 aliphatic heterocycles. The van der Waals surface area contributed by atoms with E-state index in [4.69, 9.17) is 9.47 Å². The van der Waals surface area contributed by atoms with E-state index in [0.717, 1.165) is 85.2 Å². The molecule has 0 saturated carbocycles. The molecule has 2 fully saturated rings. The summed E-state index contributed by atoms with van der Waals surface area (Å²) in [5.74, 6) is 3.67. The Morgan fingerprint density at radius 2 is 0.878 bits per heavy atom. The second-order valence-corrected chi connectivity index (χ2v) is 18.8. The van der Waals surface area contributed by atoms with Gasteiger partial charge in [0.1, 0.15) is 0 Å². The average Bonchev–Trinajstić information content (AvgIpc) is 3.44. The molecular formula is C58H56N12O4. The largest absolute Gasteiger partial charge is 0.490 e. The van der Waals surface area contributed by atoms with Gasteiger partial charge >= 0.3 is 0 Å². The van der Waals surface area contributed by atoms with E-state index in [-0.39, 0.29) is 11.1 Å². The smallest absolute Gasteiger partial charge is 0.267 e. The molecule has 16 nitrogen and oxygen atoms in total. The molecule has 6 heterocycles. The van der Waals surface area contributed by atoms with Crippen LogP contribution >= 0.6 is 0 Å². The van der Waals surface area contributed by atoms with Crippen LogP contribution in [-0.4, -0.2) is 103 Å². The zero-order chi connectivity index (χ0) is 51.2. The second-order valence-electron chi connectivity index (χ2n) is 18.8. The van der Waals surface area contributed by atoms with E-state index in [1.807, 2.05) is 60.7 Å². The summed E-state index contributed by atoms with van der Waals surface area (Å²) in [6, 6.07) is 40.5. The number of hydrogen-bond donors (Lipinski definition) is 0. The first kappa shape index (κ1) is 50.2. The number of rotatable bonds is 14. The van der Waals surface area contributed by atoms with Crippen LogP contribution in [0.15, 0.2) is 156 Å². The maximum Gasteiger partial charge on any atom is 0.267 e. The molecule has 74 heavy (non-hydrogen) atoms. The Hall–Kier alpha value is -8.70. The molecule has 0 atom stereocenters. The zero-order valence-corrected chi connectivity index (χ0v) is 41.5. The van der Waals surface area contributed by atoms with Crippen LogP contribution in [0.2, 0.25) is 0 Å². The van der Waals surface area contributed by atoms with E-state index >= 15 is 0 Å². The molecule has 0 bridgehead atoms. The summed E-state index contributed by atoms with van der Waals surface area (Å²) in [7, 11) is 4.31. The lowest BCUT2D eigenvalue weighted by molar-refractivity contribution is 0.159. The second kappa shape index (κ2) is 24.1. The van der Waals surface area contributed by atoms with E-state index in [1.54, 1.807) is 73.3 Å². The van der Waals surface area contributed by atoms with Gasteiger partial charge < -0.3 is 19.3 Å². The molecule has 2 aliphatic rings. The summed E-state index contributed by atoms with van der Waals surface area (Å²) in [5, 5.41) is 27.4. The predicted molar refractivity (Wildman–Crippen MR) is 282 cm³/mol. The Labute approximate surface area is 429 Å². The van der Waals surface area contributed by atoms with Crippen LogP contribution in [0.3, 0.4) is 0 Å². The molecule has 10 rings (SSSR count). The topological polar surface area (TPSA) is 194 Å². The van der Waals surface area contributed by atoms with E-state index < -0.39 is 0 Å². The third-order valence-corrected chi connectivity index (χ3v) is 13.2. The molecule has 2 saturated heterocycles. The quantitative estimate of drug-likeness (QED) is 0.102. The third kappa shape index (κ3) is 13.4. The highest BCUT2D eigenvalue weighted by Gasteiger charge is 2.19. The molecular weight excluding hydrogens is 929 g/mol. The first-order valence-corrected chi connectivity index (χ1v) is 24.8. The van der Waals surface area contributed by atoms with Crippen LogP contribution in [-0.2, 0) is 13.1 Å². The number of nitrogens with zero attached hydrogens (tertiary/aromatic N) is 12. The van der Waals surface area contributed by atoms with Crippen LogP contribution in [0, 0.1) is 34.5 Å². The van der Waals surface area contributed by atoms with Crippen molar-refractivity contribution in [3.05, 3.63) is 189 Å². The fourth-order valence-electron chi connectivity index (χ4n) is 8.86. The van der Waals surface area contributed by atoms with Crippen molar-refractivity contribution < 1.29 is 9.47 Å². The molecule has 0 N–H and O–H groups in total. The highest BCUT2D eigenvalue weighted by atomic mass is 16.5. The van der Waals surface area contributed by atoms with Crippen molar-refractivity contribution in [2.45, 2.75) is 38.8 Å². The summed E-state index contributed by atoms with van der Waals surface area (Å²) in [4.78, 5) is 47.8. The number of likely N-dealkylation sites (tertiary alicyclic amines) is 2. The zero-order valence-electron chi connectivity index (χ0n) is 41.5. The highest BCUT2D eigenvalue weighted by Crippen LogP contribution is 2.24. The lowest BCUT2D eigenvalue weighted by Gasteiger charge is -2.28. The third-order valence-electron chi connectivity index (χ3n) is 13.2. The molecule has 4 aromatic heterocycles. The molecule has 8 aromatic rings. The molecule has 0 unspecified atom stereocenters. The van der Waals surface area contributed by atoms with Crippen LogP contribution < -0.4 is 20.6 Å². The van der Waals surface area contributed by atoms with Gasteiger partial charge in [-0.2, -0.15) is 20.7 Å². The van der Waals surface area contributed by atoms with Crippen molar-refractivity contribution in [2.24, 2.45) is 11.8 Å². The van der Waals surface area contributed by atoms with Gasteiger partial charge in [0, 0.05) is 34.4 Å². The fraction of sp³-hybridized carbons (Fsp3) is 0.276. The predicted octanol–water partition coefficient (Wildman–Crippen LogP) is 8.02. The highest BCUT2D eigenvalue weighted by molar-refractivity contribution is 5.62. The maximum atomic E-state index is 12.5. The minimum atomic E-state index is -0.201. The summed E-state index contributed by atoms with van der Waals surface area (Å²) in [6.45, 7) is 6.42. The molecule has 0 spiro atoms. The Kier molecular flexibility index (Phi) is 16.4. The summed E-state index contributed by atoms with van der Waals surface area (Å²) in [6.07, 6.45) is 11.5. The number of hydrogen-bond acceptors (Lipinski definition) is 14. The Morgan fingerprint density at radius 3 is 1.27 bits per heavy atom. The molecule has 372 valence electrons. The van der Waals surface area contributed by atoms with Gasteiger partial charge in [0.15, 0.2) is 23.1 Å². The van der Waals surface area contributed by atoms with E-state index in [2.05, 4.69) is 66.2 Å². The van der Waals surface area contributed by atoms with Crippen LogP contribution in [0.4, 0.5) is 0 Å². The van der Waals surface area contributed by atoms with Gasteiger partial charge in [-0.15, -0.1) is 0 Å². The first-order chi connectivity index (χ1) is 36.1. The Balaban J connectivity index is 0.000000182. The molecule has 4 aromatic carbocycles. The SMILES string of the molecule is CN1CCC(COc2cnc(-c3cccc(Cn4nc(-c5cccc(C#N)c5)ccc4=O)c3)nc2)CC1.CN1CCC(COc2cnc(-c3cccc(Cn4nc(-c5cccc(C#N)c5)ccc4=O)c3)nc2)CC1. The van der Waals surface area contributed by atoms with Gasteiger partial charge in [-0.3, -0.25) is 9.59 Å². The van der Waals surface area contributed by atoms with Gasteiger partial charge in [0.2, 0.25) is 0 Å². The lowest BCUT2D eigenvalue weighted by atomic mass is 9.98. The number of nitriles is 2. The van der Waals surface area contributed by atoms with Crippen molar-refractivity contribution in [3.8, 4) is 68.9 Å². The lowest BCUT2D eigenvalue weighted by Crippen LogP contribution is -2.32. The maximum absolute atomic E-state index is 12.5. The molecule has 0 aliphatic carbocycles. The minimum Gasteiger partial charge on any atom is -0.490 e. The van der Waals surface area contributed by atoms with Gasteiger partial charge in [-0.25, -0.2) is 29.3 Å². The van der Waals surface area contributed by atoms with Crippen LogP contribution in [0.1, 0.15) is 47.9 Å². The van der Waals surface area contributed by atoms with Gasteiger partial charge in [0.05, 0.1) is 85.7 Å². The fourth-order valence-corrected chi connectivity index (χ4v) is 8.86. The van der Waals surface area contributed by atoms with Crippen molar-refractivity contribution in [1.29, 1.82) is 10.5 Å². The monoisotopic (exact) mass is 984 g/mol. The average molecular weight is 985 g/mol. The Bertz CT molecular complexity index is 3160. The van der Waals surface area contributed by atoms with Gasteiger partial charge in [-0.05, 0) is 137 Å². The molecule has 0 radical (unpaired) electrons. The minimum absolute atomic E-state index is 0.201. The Morgan fingerprint density at radius 1 is 0.500 bits per heavy atom. The summed E-state index contributed by atoms with van der Waals surface area (Å²) < 4.78 is 14.7. The van der Waals surface area contributed by atoms with Gasteiger partial charge in [0.25, 0.3) is 11.1 Å². The number of ether oxygens (including phenoxy) is 2. The van der Waals surface area contributed by atoms with E-state index in [1.165, 1.54) is 21.5 Å². The normalized spacial score (nSPS) is 14.3. The molecule has 16 heteroatoms. The van der Waals surface area contributed by atoms with Gasteiger partial charge in [-0.1, -0.05) is 60.7 Å². The van der Waals surface area contributed by atoms with Crippen LogP contribution in [0.25, 0.3) is 45.3 Å². The number of piperidine rings is 2. The van der Waals surface area contributed by atoms with Crippen molar-refractivity contribution in [2.75, 3.05) is 53.5 Å². The number of benzene rings is 4. The van der Waals surface area contributed by atoms with Crippen molar-refractivity contribution in [1.82, 2.24) is 49.3 Å². The van der Waals surface area contributed by atoms with E-state index in [0.29, 0.717) is 83.8 Å². The van der Waals surface area contributed by atoms with Crippen molar-refractivity contribution in [3.63, 3.8) is 0 Å².